The molecule has 0 aromatic carbocycles. The number of halogens is 2. The monoisotopic (exact) mass is 150 g/mol. The summed E-state index contributed by atoms with van der Waals surface area (Å²) >= 11 is 11.3. The molecule has 0 nitrogen and oxygen atoms in total. The summed E-state index contributed by atoms with van der Waals surface area (Å²) in [7, 11) is -0.792. The highest BCUT2D eigenvalue weighted by Crippen LogP contribution is 2.05. The van der Waals surface area contributed by atoms with Crippen molar-refractivity contribution in [2.45, 2.75) is 6.04 Å². The number of rotatable bonds is 0. The molecule has 0 spiro atoms. The Hall–Kier alpha value is 0.407. The fourth-order valence-corrected chi connectivity index (χ4v) is 2.05. The molecule has 1 rings (SSSR count). The highest BCUT2D eigenvalue weighted by atomic mass is 35.6. The lowest BCUT2D eigenvalue weighted by Gasteiger charge is -1.79. The van der Waals surface area contributed by atoms with Gasteiger partial charge in [-0.05, 0) is 6.04 Å². The Bertz CT molecular complexity index is 137. The molecule has 0 unspecified atom stereocenters. The summed E-state index contributed by atoms with van der Waals surface area (Å²) in [6, 6.07) is 0.991. The number of allylic oxidation sites excluding steroid dienone is 2. The third-order valence-electron chi connectivity index (χ3n) is 0.820. The molecule has 7 heavy (non-hydrogen) atoms. The highest BCUT2D eigenvalue weighted by Gasteiger charge is 2.02. The first kappa shape index (κ1) is 5.54. The quantitative estimate of drug-likeness (QED) is 0.365. The van der Waals surface area contributed by atoms with Gasteiger partial charge >= 0.3 is 0 Å². The molecule has 0 saturated heterocycles. The fraction of sp³-hybridized carbons (Fsp3) is 0.250. The molecule has 0 fully saturated rings. The van der Waals surface area contributed by atoms with Crippen LogP contribution in [0.25, 0.3) is 0 Å². The summed E-state index contributed by atoms with van der Waals surface area (Å²) in [4.78, 5) is 0. The van der Waals surface area contributed by atoms with Gasteiger partial charge in [0, 0.05) is 4.63 Å². The van der Waals surface area contributed by atoms with E-state index in [1.165, 1.54) is 0 Å². The van der Waals surface area contributed by atoms with Gasteiger partial charge < -0.3 is 0 Å². The number of hydrogen-bond acceptors (Lipinski definition) is 0. The van der Waals surface area contributed by atoms with Gasteiger partial charge in [-0.15, -0.1) is 11.1 Å². The van der Waals surface area contributed by atoms with E-state index in [0.29, 0.717) is 0 Å². The van der Waals surface area contributed by atoms with E-state index in [1.807, 2.05) is 12.2 Å². The first-order valence-corrected chi connectivity index (χ1v) is 5.11. The van der Waals surface area contributed by atoms with Crippen LogP contribution in [0.3, 0.4) is 0 Å². The van der Waals surface area contributed by atoms with E-state index in [4.69, 9.17) is 22.7 Å². The van der Waals surface area contributed by atoms with E-state index >= 15 is 0 Å². The van der Waals surface area contributed by atoms with Gasteiger partial charge in [0.2, 0.25) is 0 Å². The Kier molecular flexibility index (Phi) is 1.68. The van der Waals surface area contributed by atoms with Crippen molar-refractivity contribution >= 4 is 35.0 Å². The summed E-state index contributed by atoms with van der Waals surface area (Å²) in [6.45, 7) is 0. The van der Waals surface area contributed by atoms with Gasteiger partial charge in [-0.25, -0.2) is 0 Å². The topological polar surface area (TPSA) is 0 Å². The summed E-state index contributed by atoms with van der Waals surface area (Å²) in [5, 5.41) is 0. The van der Waals surface area contributed by atoms with E-state index in [2.05, 4.69) is 0 Å². The van der Waals surface area contributed by atoms with Crippen LogP contribution in [0.2, 0.25) is 6.04 Å². The van der Waals surface area contributed by atoms with Crippen LogP contribution in [0.1, 0.15) is 0 Å². The smallest absolute Gasteiger partial charge is 0.137 e. The molecule has 38 valence electrons. The van der Waals surface area contributed by atoms with Crippen LogP contribution in [0.15, 0.2) is 12.2 Å². The predicted molar refractivity (Wildman–Crippen MR) is 36.4 cm³/mol. The van der Waals surface area contributed by atoms with Crippen molar-refractivity contribution < 1.29 is 0 Å². The zero-order chi connectivity index (χ0) is 5.28. The van der Waals surface area contributed by atoms with Gasteiger partial charge in [0.05, 0.1) is 0 Å². The van der Waals surface area contributed by atoms with Crippen molar-refractivity contribution in [2.24, 2.45) is 0 Å². The lowest BCUT2D eigenvalue weighted by molar-refractivity contribution is 1.75. The minimum Gasteiger partial charge on any atom is -0.137 e. The van der Waals surface area contributed by atoms with Crippen molar-refractivity contribution in [3.63, 3.8) is 0 Å². The van der Waals surface area contributed by atoms with E-state index in [0.717, 1.165) is 10.7 Å². The van der Waals surface area contributed by atoms with Crippen LogP contribution in [0, 0.1) is 0 Å². The minimum atomic E-state index is -0.792. The minimum absolute atomic E-state index is 0.792. The number of hydrogen-bond donors (Lipinski definition) is 0. The fourth-order valence-electron chi connectivity index (χ4n) is 0.454. The van der Waals surface area contributed by atoms with Crippen LogP contribution in [-0.4, -0.2) is 12.3 Å². The van der Waals surface area contributed by atoms with Crippen molar-refractivity contribution in [2.75, 3.05) is 0 Å². The standard InChI is InChI=1S/C4H4Cl2Si/c5-4-2-1-3-7(4)6/h1-2H,3H2. The molecule has 0 N–H and O–H groups in total. The molecule has 0 bridgehead atoms. The van der Waals surface area contributed by atoms with Crippen molar-refractivity contribution in [1.29, 1.82) is 0 Å². The molecule has 0 amide bonds. The maximum atomic E-state index is 5.73. The normalized spacial score (nSPS) is 19.1. The molecule has 1 heterocycles. The molecule has 0 saturated carbocycles. The molecule has 0 aromatic heterocycles. The van der Waals surface area contributed by atoms with Crippen molar-refractivity contribution in [1.82, 2.24) is 0 Å². The van der Waals surface area contributed by atoms with Gasteiger partial charge in [0.25, 0.3) is 0 Å². The maximum Gasteiger partial charge on any atom is 0.149 e. The maximum absolute atomic E-state index is 5.73. The molecule has 0 aromatic rings. The summed E-state index contributed by atoms with van der Waals surface area (Å²) in [5.74, 6) is 0. The molecule has 0 aliphatic carbocycles. The first-order valence-electron chi connectivity index (χ1n) is 2.01. The first-order chi connectivity index (χ1) is 3.30. The molecule has 1 aliphatic heterocycles. The van der Waals surface area contributed by atoms with Crippen LogP contribution in [-0.2, 0) is 0 Å². The second-order valence-corrected chi connectivity index (χ2v) is 5.21. The molecule has 3 heteroatoms. The Labute approximate surface area is 53.7 Å². The molecule has 0 atom stereocenters. The molecule has 1 aliphatic rings. The van der Waals surface area contributed by atoms with Crippen molar-refractivity contribution in [3.8, 4) is 0 Å². The van der Waals surface area contributed by atoms with Crippen LogP contribution < -0.4 is 0 Å². The summed E-state index contributed by atoms with van der Waals surface area (Å²) in [5.41, 5.74) is 0. The Balaban J connectivity index is 2.79. The Morgan fingerprint density at radius 1 is 1.71 bits per heavy atom. The lowest BCUT2D eigenvalue weighted by atomic mass is 10.6. The van der Waals surface area contributed by atoms with E-state index in [-0.39, 0.29) is 0 Å². The third kappa shape index (κ3) is 1.15. The van der Waals surface area contributed by atoms with E-state index < -0.39 is 7.72 Å². The van der Waals surface area contributed by atoms with Gasteiger partial charge in [-0.2, -0.15) is 0 Å². The van der Waals surface area contributed by atoms with Gasteiger partial charge in [-0.1, -0.05) is 23.8 Å². The predicted octanol–water partition coefficient (Wildman–Crippen LogP) is 1.74. The highest BCUT2D eigenvalue weighted by molar-refractivity contribution is 7.19. The third-order valence-corrected chi connectivity index (χ3v) is 4.27. The van der Waals surface area contributed by atoms with Crippen LogP contribution in [0.5, 0.6) is 0 Å². The van der Waals surface area contributed by atoms with Gasteiger partial charge in [0.15, 0.2) is 0 Å². The average molecular weight is 151 g/mol. The van der Waals surface area contributed by atoms with Gasteiger partial charge in [0.1, 0.15) is 7.72 Å². The van der Waals surface area contributed by atoms with E-state index in [9.17, 15) is 0 Å². The average Bonchev–Trinajstić information content (AvgIpc) is 1.91. The molecular formula is C4H4Cl2Si. The van der Waals surface area contributed by atoms with Crippen molar-refractivity contribution in [3.05, 3.63) is 12.2 Å². The zero-order valence-corrected chi connectivity index (χ0v) is 6.13. The Morgan fingerprint density at radius 3 is 2.57 bits per heavy atom. The lowest BCUT2D eigenvalue weighted by Crippen LogP contribution is -1.91. The Morgan fingerprint density at radius 2 is 2.43 bits per heavy atom. The zero-order valence-electron chi connectivity index (χ0n) is 3.62. The van der Waals surface area contributed by atoms with Crippen LogP contribution in [0.4, 0.5) is 0 Å². The van der Waals surface area contributed by atoms with E-state index in [1.54, 1.807) is 0 Å². The second-order valence-electron chi connectivity index (χ2n) is 1.36. The largest absolute Gasteiger partial charge is 0.149 e. The van der Waals surface area contributed by atoms with Gasteiger partial charge in [-0.3, -0.25) is 0 Å². The summed E-state index contributed by atoms with van der Waals surface area (Å²) in [6.07, 6.45) is 3.91. The summed E-state index contributed by atoms with van der Waals surface area (Å²) < 4.78 is 0.867. The molecule has 0 radical (unpaired) electrons. The molecular weight excluding hydrogens is 147 g/mol. The SMILES string of the molecule is ClC1=[Si](Cl)CC=C1. The second kappa shape index (κ2) is 2.12. The van der Waals surface area contributed by atoms with Crippen LogP contribution >= 0.6 is 22.7 Å².